The van der Waals surface area contributed by atoms with E-state index in [-0.39, 0.29) is 0 Å². The molecule has 1 aliphatic carbocycles. The summed E-state index contributed by atoms with van der Waals surface area (Å²) in [5, 5.41) is 0. The normalized spacial score (nSPS) is 33.6. The molecule has 0 bridgehead atoms. The zero-order valence-corrected chi connectivity index (χ0v) is 7.01. The van der Waals surface area contributed by atoms with Gasteiger partial charge in [-0.2, -0.15) is 0 Å². The van der Waals surface area contributed by atoms with Crippen LogP contribution in [0.5, 0.6) is 0 Å². The first-order chi connectivity index (χ1) is 4.75. The molecule has 2 unspecified atom stereocenters. The van der Waals surface area contributed by atoms with Crippen LogP contribution < -0.4 is 5.73 Å². The van der Waals surface area contributed by atoms with Gasteiger partial charge in [-0.25, -0.2) is 0 Å². The summed E-state index contributed by atoms with van der Waals surface area (Å²) in [4.78, 5) is 2.36. The van der Waals surface area contributed by atoms with Crippen molar-refractivity contribution in [2.75, 3.05) is 13.6 Å². The molecule has 0 saturated heterocycles. The van der Waals surface area contributed by atoms with E-state index in [1.54, 1.807) is 0 Å². The average Bonchev–Trinajstić information content (AvgIpc) is 2.34. The van der Waals surface area contributed by atoms with Crippen LogP contribution in [-0.4, -0.2) is 30.6 Å². The Morgan fingerprint density at radius 3 is 2.60 bits per heavy atom. The lowest BCUT2D eigenvalue weighted by molar-refractivity contribution is 0.240. The summed E-state index contributed by atoms with van der Waals surface area (Å²) in [5.41, 5.74) is 5.91. The van der Waals surface area contributed by atoms with Crippen molar-refractivity contribution in [1.82, 2.24) is 4.90 Å². The molecular weight excluding hydrogens is 124 g/mol. The zero-order valence-electron chi connectivity index (χ0n) is 7.01. The van der Waals surface area contributed by atoms with Crippen LogP contribution in [0.1, 0.15) is 26.2 Å². The van der Waals surface area contributed by atoms with E-state index in [0.717, 1.165) is 6.54 Å². The van der Waals surface area contributed by atoms with Gasteiger partial charge >= 0.3 is 0 Å². The fourth-order valence-electron chi connectivity index (χ4n) is 1.75. The molecule has 0 spiro atoms. The fraction of sp³-hybridized carbons (Fsp3) is 1.00. The molecule has 2 atom stereocenters. The quantitative estimate of drug-likeness (QED) is 0.618. The molecule has 60 valence electrons. The molecule has 0 aromatic heterocycles. The topological polar surface area (TPSA) is 29.3 Å². The van der Waals surface area contributed by atoms with E-state index >= 15 is 0 Å². The van der Waals surface area contributed by atoms with Crippen molar-refractivity contribution in [1.29, 1.82) is 0 Å². The molecule has 0 aromatic carbocycles. The summed E-state index contributed by atoms with van der Waals surface area (Å²) >= 11 is 0. The first-order valence-corrected chi connectivity index (χ1v) is 4.21. The molecule has 1 fully saturated rings. The van der Waals surface area contributed by atoms with Crippen molar-refractivity contribution < 1.29 is 0 Å². The summed E-state index contributed by atoms with van der Waals surface area (Å²) in [6, 6.07) is 1.09. The molecule has 1 aliphatic rings. The fourth-order valence-corrected chi connectivity index (χ4v) is 1.75. The molecule has 2 heteroatoms. The first kappa shape index (κ1) is 8.02. The number of rotatable bonds is 2. The Morgan fingerprint density at radius 1 is 1.50 bits per heavy atom. The van der Waals surface area contributed by atoms with Gasteiger partial charge in [0.15, 0.2) is 0 Å². The summed E-state index contributed by atoms with van der Waals surface area (Å²) < 4.78 is 0. The molecule has 2 nitrogen and oxygen atoms in total. The molecule has 0 aromatic rings. The summed E-state index contributed by atoms with van der Waals surface area (Å²) in [6.45, 7) is 3.31. The highest BCUT2D eigenvalue weighted by Crippen LogP contribution is 2.20. The lowest BCUT2D eigenvalue weighted by Crippen LogP contribution is -2.41. The monoisotopic (exact) mass is 142 g/mol. The summed E-state index contributed by atoms with van der Waals surface area (Å²) in [7, 11) is 2.16. The van der Waals surface area contributed by atoms with Crippen molar-refractivity contribution in [3.05, 3.63) is 0 Å². The Kier molecular flexibility index (Phi) is 2.69. The van der Waals surface area contributed by atoms with Crippen LogP contribution in [0.15, 0.2) is 0 Å². The maximum Gasteiger partial charge on any atom is 0.0244 e. The van der Waals surface area contributed by atoms with Crippen molar-refractivity contribution >= 4 is 0 Å². The summed E-state index contributed by atoms with van der Waals surface area (Å²) in [6.07, 6.45) is 3.83. The summed E-state index contributed by atoms with van der Waals surface area (Å²) in [5.74, 6) is 0. The van der Waals surface area contributed by atoms with Crippen molar-refractivity contribution in [3.63, 3.8) is 0 Å². The SMILES string of the molecule is CCN(C)C1CCCC1N. The largest absolute Gasteiger partial charge is 0.326 e. The average molecular weight is 142 g/mol. The van der Waals surface area contributed by atoms with E-state index in [2.05, 4.69) is 18.9 Å². The van der Waals surface area contributed by atoms with Gasteiger partial charge in [-0.05, 0) is 26.4 Å². The maximum atomic E-state index is 5.91. The van der Waals surface area contributed by atoms with Crippen LogP contribution in [0.2, 0.25) is 0 Å². The van der Waals surface area contributed by atoms with E-state index in [1.807, 2.05) is 0 Å². The highest BCUT2D eigenvalue weighted by Gasteiger charge is 2.25. The predicted octanol–water partition coefficient (Wildman–Crippen LogP) is 0.818. The van der Waals surface area contributed by atoms with E-state index in [0.29, 0.717) is 12.1 Å². The number of hydrogen-bond donors (Lipinski definition) is 1. The van der Waals surface area contributed by atoms with Crippen LogP contribution >= 0.6 is 0 Å². The van der Waals surface area contributed by atoms with Gasteiger partial charge in [0.05, 0.1) is 0 Å². The number of likely N-dealkylation sites (N-methyl/N-ethyl adjacent to an activating group) is 1. The van der Waals surface area contributed by atoms with Crippen LogP contribution in [0.4, 0.5) is 0 Å². The highest BCUT2D eigenvalue weighted by atomic mass is 15.1. The smallest absolute Gasteiger partial charge is 0.0244 e. The number of hydrogen-bond acceptors (Lipinski definition) is 2. The highest BCUT2D eigenvalue weighted by molar-refractivity contribution is 4.86. The standard InChI is InChI=1S/C8H18N2/c1-3-10(2)8-6-4-5-7(8)9/h7-8H,3-6,9H2,1-2H3. The Balaban J connectivity index is 2.38. The van der Waals surface area contributed by atoms with Gasteiger partial charge in [0.1, 0.15) is 0 Å². The molecule has 0 heterocycles. The Morgan fingerprint density at radius 2 is 2.20 bits per heavy atom. The van der Waals surface area contributed by atoms with Gasteiger partial charge in [0.2, 0.25) is 0 Å². The van der Waals surface area contributed by atoms with E-state index in [1.165, 1.54) is 19.3 Å². The van der Waals surface area contributed by atoms with Crippen molar-refractivity contribution in [2.45, 2.75) is 38.3 Å². The van der Waals surface area contributed by atoms with Crippen LogP contribution in [0, 0.1) is 0 Å². The molecule has 0 amide bonds. The second kappa shape index (κ2) is 3.35. The first-order valence-electron chi connectivity index (χ1n) is 4.21. The number of nitrogens with zero attached hydrogens (tertiary/aromatic N) is 1. The van der Waals surface area contributed by atoms with Crippen LogP contribution in [-0.2, 0) is 0 Å². The van der Waals surface area contributed by atoms with Crippen molar-refractivity contribution in [3.8, 4) is 0 Å². The van der Waals surface area contributed by atoms with Gasteiger partial charge in [-0.15, -0.1) is 0 Å². The Hall–Kier alpha value is -0.0800. The zero-order chi connectivity index (χ0) is 7.56. The predicted molar refractivity (Wildman–Crippen MR) is 43.9 cm³/mol. The van der Waals surface area contributed by atoms with Crippen LogP contribution in [0.25, 0.3) is 0 Å². The van der Waals surface area contributed by atoms with Gasteiger partial charge in [-0.3, -0.25) is 0 Å². The Labute approximate surface area is 63.4 Å². The van der Waals surface area contributed by atoms with E-state index in [4.69, 9.17) is 5.73 Å². The molecular formula is C8H18N2. The van der Waals surface area contributed by atoms with Gasteiger partial charge in [0.25, 0.3) is 0 Å². The van der Waals surface area contributed by atoms with Gasteiger partial charge in [-0.1, -0.05) is 13.3 Å². The minimum Gasteiger partial charge on any atom is -0.326 e. The minimum atomic E-state index is 0.435. The van der Waals surface area contributed by atoms with Crippen molar-refractivity contribution in [2.24, 2.45) is 5.73 Å². The lowest BCUT2D eigenvalue weighted by Gasteiger charge is -2.25. The van der Waals surface area contributed by atoms with Crippen LogP contribution in [0.3, 0.4) is 0 Å². The maximum absolute atomic E-state index is 5.91. The molecule has 1 saturated carbocycles. The Bertz CT molecular complexity index is 103. The molecule has 1 rings (SSSR count). The molecule has 10 heavy (non-hydrogen) atoms. The minimum absolute atomic E-state index is 0.435. The van der Waals surface area contributed by atoms with Gasteiger partial charge in [0, 0.05) is 12.1 Å². The van der Waals surface area contributed by atoms with E-state index < -0.39 is 0 Å². The third-order valence-corrected chi connectivity index (χ3v) is 2.60. The second-order valence-electron chi connectivity index (χ2n) is 3.24. The third-order valence-electron chi connectivity index (χ3n) is 2.60. The number of nitrogens with two attached hydrogens (primary N) is 1. The third kappa shape index (κ3) is 1.50. The second-order valence-corrected chi connectivity index (χ2v) is 3.24. The van der Waals surface area contributed by atoms with Gasteiger partial charge < -0.3 is 10.6 Å². The molecule has 2 N–H and O–H groups in total. The van der Waals surface area contributed by atoms with E-state index in [9.17, 15) is 0 Å². The molecule has 0 radical (unpaired) electrons. The lowest BCUT2D eigenvalue weighted by atomic mass is 10.1. The molecule has 0 aliphatic heterocycles.